The molecule has 5 nitrogen and oxygen atoms in total. The predicted octanol–water partition coefficient (Wildman–Crippen LogP) is 4.70. The highest BCUT2D eigenvalue weighted by Crippen LogP contribution is 2.41. The van der Waals surface area contributed by atoms with Crippen molar-refractivity contribution in [2.24, 2.45) is 0 Å². The van der Waals surface area contributed by atoms with Crippen LogP contribution in [0.2, 0.25) is 5.02 Å². The molecular weight excluding hydrogens is 410 g/mol. The number of ketones is 2. The Kier molecular flexibility index (Phi) is 5.49. The van der Waals surface area contributed by atoms with Crippen molar-refractivity contribution in [2.75, 3.05) is 13.1 Å². The number of hydrogen-bond acceptors (Lipinski definition) is 5. The van der Waals surface area contributed by atoms with Crippen molar-refractivity contribution in [1.82, 2.24) is 4.90 Å². The SMILES string of the molecule is Cc1cc2c(cc1Cl)C(=O)CC1(CCN(C(=O)CCC(=O)c3cccs3)CC1)O2. The third-order valence-electron chi connectivity index (χ3n) is 5.76. The second-order valence-electron chi connectivity index (χ2n) is 7.76. The molecule has 29 heavy (non-hydrogen) atoms. The zero-order valence-corrected chi connectivity index (χ0v) is 17.8. The van der Waals surface area contributed by atoms with Gasteiger partial charge in [0.25, 0.3) is 0 Å². The van der Waals surface area contributed by atoms with Crippen molar-refractivity contribution >= 4 is 40.4 Å². The number of thiophene rings is 1. The summed E-state index contributed by atoms with van der Waals surface area (Å²) in [6.45, 7) is 2.94. The van der Waals surface area contributed by atoms with Gasteiger partial charge < -0.3 is 9.64 Å². The summed E-state index contributed by atoms with van der Waals surface area (Å²) in [7, 11) is 0. The van der Waals surface area contributed by atoms with Crippen molar-refractivity contribution in [3.05, 3.63) is 50.7 Å². The number of carbonyl (C=O) groups is 3. The minimum atomic E-state index is -0.562. The molecule has 4 rings (SSSR count). The van der Waals surface area contributed by atoms with E-state index in [0.717, 1.165) is 5.56 Å². The van der Waals surface area contributed by atoms with Gasteiger partial charge in [0.1, 0.15) is 11.4 Å². The van der Waals surface area contributed by atoms with E-state index in [1.165, 1.54) is 11.3 Å². The molecule has 2 aromatic rings. The molecule has 1 spiro atoms. The number of nitrogens with zero attached hydrogens (tertiary/aromatic N) is 1. The van der Waals surface area contributed by atoms with E-state index in [9.17, 15) is 14.4 Å². The maximum Gasteiger partial charge on any atom is 0.223 e. The van der Waals surface area contributed by atoms with Crippen LogP contribution in [0.4, 0.5) is 0 Å². The lowest BCUT2D eigenvalue weighted by Gasteiger charge is -2.44. The zero-order valence-electron chi connectivity index (χ0n) is 16.2. The third-order valence-corrected chi connectivity index (χ3v) is 7.08. The van der Waals surface area contributed by atoms with Gasteiger partial charge in [-0.05, 0) is 36.1 Å². The van der Waals surface area contributed by atoms with E-state index in [4.69, 9.17) is 16.3 Å². The number of amides is 1. The van der Waals surface area contributed by atoms with Gasteiger partial charge >= 0.3 is 0 Å². The van der Waals surface area contributed by atoms with Crippen LogP contribution in [0.15, 0.2) is 29.6 Å². The fourth-order valence-electron chi connectivity index (χ4n) is 4.00. The van der Waals surface area contributed by atoms with E-state index in [1.54, 1.807) is 17.0 Å². The summed E-state index contributed by atoms with van der Waals surface area (Å²) in [5, 5.41) is 2.42. The van der Waals surface area contributed by atoms with Gasteiger partial charge in [0.15, 0.2) is 11.6 Å². The molecule has 152 valence electrons. The van der Waals surface area contributed by atoms with Crippen molar-refractivity contribution < 1.29 is 19.1 Å². The highest BCUT2D eigenvalue weighted by Gasteiger charge is 2.43. The number of piperidine rings is 1. The van der Waals surface area contributed by atoms with Gasteiger partial charge in [0.05, 0.1) is 16.9 Å². The normalized spacial score (nSPS) is 17.7. The number of aryl methyl sites for hydroxylation is 1. The number of hydrogen-bond donors (Lipinski definition) is 0. The summed E-state index contributed by atoms with van der Waals surface area (Å²) in [5.41, 5.74) is 0.851. The number of benzene rings is 1. The molecular formula is C22H22ClNO4S. The molecule has 1 aromatic carbocycles. The van der Waals surface area contributed by atoms with Crippen molar-refractivity contribution in [3.8, 4) is 5.75 Å². The first-order valence-electron chi connectivity index (χ1n) is 9.74. The van der Waals surface area contributed by atoms with Crippen LogP contribution in [-0.2, 0) is 4.79 Å². The second kappa shape index (κ2) is 7.92. The fourth-order valence-corrected chi connectivity index (χ4v) is 4.85. The standard InChI is InChI=1S/C22H22ClNO4S/c1-14-11-19-15(12-16(14)23)18(26)13-22(28-19)6-8-24(9-7-22)21(27)5-4-17(25)20-3-2-10-29-20/h2-3,10-12H,4-9,13H2,1H3. The van der Waals surface area contributed by atoms with E-state index < -0.39 is 5.60 Å². The average molecular weight is 432 g/mol. The zero-order chi connectivity index (χ0) is 20.6. The van der Waals surface area contributed by atoms with Crippen LogP contribution in [0.5, 0.6) is 5.75 Å². The highest BCUT2D eigenvalue weighted by atomic mass is 35.5. The molecule has 3 heterocycles. The number of rotatable bonds is 4. The van der Waals surface area contributed by atoms with Gasteiger partial charge in [-0.3, -0.25) is 14.4 Å². The number of Topliss-reactive ketones (excluding diaryl/α,β-unsaturated/α-hetero) is 2. The van der Waals surface area contributed by atoms with Gasteiger partial charge in [-0.1, -0.05) is 17.7 Å². The average Bonchev–Trinajstić information content (AvgIpc) is 3.23. The van der Waals surface area contributed by atoms with Crippen LogP contribution >= 0.6 is 22.9 Å². The minimum absolute atomic E-state index is 0.00804. The highest BCUT2D eigenvalue weighted by molar-refractivity contribution is 7.12. The molecule has 2 aliphatic heterocycles. The number of ether oxygens (including phenoxy) is 1. The van der Waals surface area contributed by atoms with Crippen LogP contribution in [0.25, 0.3) is 0 Å². The molecule has 0 atom stereocenters. The smallest absolute Gasteiger partial charge is 0.223 e. The van der Waals surface area contributed by atoms with Gasteiger partial charge in [0.2, 0.25) is 5.91 Å². The monoisotopic (exact) mass is 431 g/mol. The molecule has 1 fully saturated rings. The van der Waals surface area contributed by atoms with E-state index in [0.29, 0.717) is 53.6 Å². The molecule has 1 amide bonds. The predicted molar refractivity (Wildman–Crippen MR) is 112 cm³/mol. The lowest BCUT2D eigenvalue weighted by atomic mass is 9.82. The number of likely N-dealkylation sites (tertiary alicyclic amines) is 1. The molecule has 1 aromatic heterocycles. The van der Waals surface area contributed by atoms with Gasteiger partial charge in [-0.25, -0.2) is 0 Å². The van der Waals surface area contributed by atoms with Crippen LogP contribution in [0, 0.1) is 6.92 Å². The maximum absolute atomic E-state index is 12.7. The third kappa shape index (κ3) is 4.09. The van der Waals surface area contributed by atoms with Crippen LogP contribution in [0.1, 0.15) is 57.7 Å². The first kappa shape index (κ1) is 20.1. The fraction of sp³-hybridized carbons (Fsp3) is 0.409. The Morgan fingerprint density at radius 1 is 1.24 bits per heavy atom. The molecule has 0 unspecified atom stereocenters. The van der Waals surface area contributed by atoms with Crippen LogP contribution < -0.4 is 4.74 Å². The molecule has 1 saturated heterocycles. The van der Waals surface area contributed by atoms with Crippen LogP contribution in [0.3, 0.4) is 0 Å². The molecule has 0 N–H and O–H groups in total. The van der Waals surface area contributed by atoms with Gasteiger partial charge in [-0.2, -0.15) is 0 Å². The Morgan fingerprint density at radius 3 is 2.69 bits per heavy atom. The molecule has 0 aliphatic carbocycles. The summed E-state index contributed by atoms with van der Waals surface area (Å²) >= 11 is 7.55. The Balaban J connectivity index is 1.36. The first-order chi connectivity index (χ1) is 13.9. The molecule has 7 heteroatoms. The Morgan fingerprint density at radius 2 is 2.00 bits per heavy atom. The molecule has 0 bridgehead atoms. The Bertz CT molecular complexity index is 961. The van der Waals surface area contributed by atoms with Crippen molar-refractivity contribution in [3.63, 3.8) is 0 Å². The van der Waals surface area contributed by atoms with Gasteiger partial charge in [-0.15, -0.1) is 11.3 Å². The van der Waals surface area contributed by atoms with E-state index in [2.05, 4.69) is 0 Å². The molecule has 0 radical (unpaired) electrons. The van der Waals surface area contributed by atoms with Crippen molar-refractivity contribution in [1.29, 1.82) is 0 Å². The topological polar surface area (TPSA) is 63.7 Å². The van der Waals surface area contributed by atoms with E-state index in [-0.39, 0.29) is 30.3 Å². The number of halogens is 1. The summed E-state index contributed by atoms with van der Waals surface area (Å²) in [6.07, 6.45) is 1.95. The van der Waals surface area contributed by atoms with E-state index in [1.807, 2.05) is 24.4 Å². The largest absolute Gasteiger partial charge is 0.486 e. The van der Waals surface area contributed by atoms with Crippen LogP contribution in [-0.4, -0.2) is 41.1 Å². The molecule has 2 aliphatic rings. The Labute approximate surface area is 178 Å². The lowest BCUT2D eigenvalue weighted by molar-refractivity contribution is -0.134. The summed E-state index contributed by atoms with van der Waals surface area (Å²) < 4.78 is 6.27. The summed E-state index contributed by atoms with van der Waals surface area (Å²) in [6, 6.07) is 7.13. The number of carbonyl (C=O) groups excluding carboxylic acids is 3. The van der Waals surface area contributed by atoms with Crippen molar-refractivity contribution in [2.45, 2.75) is 44.6 Å². The first-order valence-corrected chi connectivity index (χ1v) is 11.0. The minimum Gasteiger partial charge on any atom is -0.486 e. The van der Waals surface area contributed by atoms with Gasteiger partial charge in [0, 0.05) is 43.8 Å². The summed E-state index contributed by atoms with van der Waals surface area (Å²) in [5.74, 6) is 0.613. The molecule has 0 saturated carbocycles. The Hall–Kier alpha value is -2.18. The maximum atomic E-state index is 12.7. The quantitative estimate of drug-likeness (QED) is 0.658. The number of fused-ring (bicyclic) bond motifs is 1. The second-order valence-corrected chi connectivity index (χ2v) is 9.12. The van der Waals surface area contributed by atoms with E-state index >= 15 is 0 Å². The lowest BCUT2D eigenvalue weighted by Crippen LogP contribution is -2.52. The summed E-state index contributed by atoms with van der Waals surface area (Å²) in [4.78, 5) is 39.8.